The summed E-state index contributed by atoms with van der Waals surface area (Å²) in [6, 6.07) is 14.2. The molecule has 7 heteroatoms. The number of nitrogens with zero attached hydrogens (tertiary/aromatic N) is 2. The Bertz CT molecular complexity index is 887. The minimum absolute atomic E-state index is 0.102. The summed E-state index contributed by atoms with van der Waals surface area (Å²) in [6.45, 7) is 6.32. The fourth-order valence-corrected chi connectivity index (χ4v) is 4.39. The van der Waals surface area contributed by atoms with Gasteiger partial charge >= 0.3 is 0 Å². The zero-order chi connectivity index (χ0) is 18.7. The van der Waals surface area contributed by atoms with E-state index in [1.807, 2.05) is 23.1 Å². The highest BCUT2D eigenvalue weighted by molar-refractivity contribution is 7.92. The molecule has 3 rings (SSSR count). The normalized spacial score (nSPS) is 15.0. The van der Waals surface area contributed by atoms with Crippen molar-refractivity contribution in [3.05, 3.63) is 54.1 Å². The van der Waals surface area contributed by atoms with Gasteiger partial charge in [0, 0.05) is 44.5 Å². The van der Waals surface area contributed by atoms with Gasteiger partial charge in [-0.15, -0.1) is 0 Å². The highest BCUT2D eigenvalue weighted by Crippen LogP contribution is 2.23. The number of rotatable bonds is 4. The first kappa shape index (κ1) is 18.3. The third kappa shape index (κ3) is 3.99. The Balaban J connectivity index is 1.69. The first-order chi connectivity index (χ1) is 12.4. The molecular weight excluding hydrogens is 350 g/mol. The smallest absolute Gasteiger partial charge is 0.262 e. The summed E-state index contributed by atoms with van der Waals surface area (Å²) in [6.07, 6.45) is 0. The number of piperazine rings is 1. The average molecular weight is 373 g/mol. The molecule has 0 radical (unpaired) electrons. The lowest BCUT2D eigenvalue weighted by molar-refractivity contribution is -0.129. The zero-order valence-electron chi connectivity index (χ0n) is 15.0. The molecule has 1 aliphatic rings. The second-order valence-corrected chi connectivity index (χ2v) is 8.06. The fraction of sp³-hybridized carbons (Fsp3) is 0.316. The number of nitrogens with one attached hydrogen (secondary N) is 1. The molecule has 1 fully saturated rings. The molecule has 1 aliphatic heterocycles. The van der Waals surface area contributed by atoms with Gasteiger partial charge in [0.15, 0.2) is 0 Å². The summed E-state index contributed by atoms with van der Waals surface area (Å²) in [7, 11) is -3.61. The summed E-state index contributed by atoms with van der Waals surface area (Å²) < 4.78 is 27.7. The molecule has 0 aromatic heterocycles. The van der Waals surface area contributed by atoms with Crippen LogP contribution in [0.5, 0.6) is 0 Å². The second-order valence-electron chi connectivity index (χ2n) is 6.41. The van der Waals surface area contributed by atoms with Crippen LogP contribution in [0.4, 0.5) is 11.4 Å². The molecule has 0 aliphatic carbocycles. The Morgan fingerprint density at radius 1 is 0.962 bits per heavy atom. The fourth-order valence-electron chi connectivity index (χ4n) is 3.09. The Kier molecular flexibility index (Phi) is 5.18. The van der Waals surface area contributed by atoms with Gasteiger partial charge in [0.05, 0.1) is 4.90 Å². The van der Waals surface area contributed by atoms with Crippen molar-refractivity contribution in [3.8, 4) is 0 Å². The van der Waals surface area contributed by atoms with Crippen LogP contribution in [0.25, 0.3) is 0 Å². The molecule has 1 N–H and O–H groups in total. The standard InChI is InChI=1S/C19H23N3O3S/c1-15-5-3-4-6-19(15)26(24,25)20-17-7-9-18(10-8-17)22-13-11-21(12-14-22)16(2)23/h3-10,20H,11-14H2,1-2H3. The molecule has 0 bridgehead atoms. The van der Waals surface area contributed by atoms with E-state index in [0.717, 1.165) is 18.8 Å². The van der Waals surface area contributed by atoms with Crippen LogP contribution >= 0.6 is 0 Å². The second kappa shape index (κ2) is 7.37. The molecule has 2 aromatic carbocycles. The van der Waals surface area contributed by atoms with Crippen LogP contribution in [0.15, 0.2) is 53.4 Å². The van der Waals surface area contributed by atoms with Crippen LogP contribution in [-0.2, 0) is 14.8 Å². The molecule has 0 unspecified atom stereocenters. The van der Waals surface area contributed by atoms with Gasteiger partial charge in [-0.2, -0.15) is 0 Å². The maximum atomic E-state index is 12.5. The average Bonchev–Trinajstić information content (AvgIpc) is 2.62. The number of carbonyl (C=O) groups excluding carboxylic acids is 1. The molecule has 6 nitrogen and oxygen atoms in total. The van der Waals surface area contributed by atoms with Gasteiger partial charge in [0.25, 0.3) is 10.0 Å². The lowest BCUT2D eigenvalue weighted by atomic mass is 10.2. The highest BCUT2D eigenvalue weighted by atomic mass is 32.2. The topological polar surface area (TPSA) is 69.7 Å². The quantitative estimate of drug-likeness (QED) is 0.894. The van der Waals surface area contributed by atoms with E-state index in [1.165, 1.54) is 0 Å². The van der Waals surface area contributed by atoms with Crippen molar-refractivity contribution in [1.29, 1.82) is 0 Å². The van der Waals surface area contributed by atoms with Crippen LogP contribution in [0.2, 0.25) is 0 Å². The van der Waals surface area contributed by atoms with Crippen LogP contribution in [-0.4, -0.2) is 45.4 Å². The van der Waals surface area contributed by atoms with E-state index in [-0.39, 0.29) is 10.8 Å². The SMILES string of the molecule is CC(=O)N1CCN(c2ccc(NS(=O)(=O)c3ccccc3C)cc2)CC1. The third-order valence-corrected chi connectivity index (χ3v) is 6.13. The summed E-state index contributed by atoms with van der Waals surface area (Å²) in [5.74, 6) is 0.102. The first-order valence-corrected chi connectivity index (χ1v) is 10.0. The van der Waals surface area contributed by atoms with Crippen LogP contribution < -0.4 is 9.62 Å². The summed E-state index contributed by atoms with van der Waals surface area (Å²) in [5, 5.41) is 0. The van der Waals surface area contributed by atoms with Crippen LogP contribution in [0, 0.1) is 6.92 Å². The first-order valence-electron chi connectivity index (χ1n) is 8.56. The van der Waals surface area contributed by atoms with Crippen molar-refractivity contribution in [1.82, 2.24) is 4.90 Å². The lowest BCUT2D eigenvalue weighted by Gasteiger charge is -2.35. The lowest BCUT2D eigenvalue weighted by Crippen LogP contribution is -2.48. The molecular formula is C19H23N3O3S. The predicted molar refractivity (Wildman–Crippen MR) is 103 cm³/mol. The number of hydrogen-bond donors (Lipinski definition) is 1. The molecule has 1 saturated heterocycles. The van der Waals surface area contributed by atoms with Crippen molar-refractivity contribution in [2.75, 3.05) is 35.8 Å². The number of hydrogen-bond acceptors (Lipinski definition) is 4. The summed E-state index contributed by atoms with van der Waals surface area (Å²) in [4.78, 5) is 15.7. The minimum Gasteiger partial charge on any atom is -0.368 e. The van der Waals surface area contributed by atoms with E-state index >= 15 is 0 Å². The molecule has 138 valence electrons. The van der Waals surface area contributed by atoms with E-state index in [4.69, 9.17) is 0 Å². The van der Waals surface area contributed by atoms with Crippen molar-refractivity contribution < 1.29 is 13.2 Å². The number of amides is 1. The number of anilines is 2. The molecule has 0 saturated carbocycles. The molecule has 0 spiro atoms. The Labute approximate surface area is 154 Å². The van der Waals surface area contributed by atoms with Crippen LogP contribution in [0.1, 0.15) is 12.5 Å². The Morgan fingerprint density at radius 3 is 2.15 bits per heavy atom. The van der Waals surface area contributed by atoms with Gasteiger partial charge in [-0.05, 0) is 42.8 Å². The van der Waals surface area contributed by atoms with E-state index in [1.54, 1.807) is 44.2 Å². The van der Waals surface area contributed by atoms with Gasteiger partial charge in [-0.25, -0.2) is 8.42 Å². The Hall–Kier alpha value is -2.54. The third-order valence-electron chi connectivity index (χ3n) is 4.59. The summed E-state index contributed by atoms with van der Waals surface area (Å²) >= 11 is 0. The van der Waals surface area contributed by atoms with Gasteiger partial charge in [0.2, 0.25) is 5.91 Å². The van der Waals surface area contributed by atoms with E-state index in [2.05, 4.69) is 9.62 Å². The Morgan fingerprint density at radius 2 is 1.58 bits per heavy atom. The van der Waals surface area contributed by atoms with E-state index < -0.39 is 10.0 Å². The number of aryl methyl sites for hydroxylation is 1. The minimum atomic E-state index is -3.61. The van der Waals surface area contributed by atoms with Gasteiger partial charge in [-0.1, -0.05) is 18.2 Å². The van der Waals surface area contributed by atoms with Crippen LogP contribution in [0.3, 0.4) is 0 Å². The predicted octanol–water partition coefficient (Wildman–Crippen LogP) is 2.46. The number of benzene rings is 2. The van der Waals surface area contributed by atoms with Gasteiger partial charge in [-0.3, -0.25) is 9.52 Å². The van der Waals surface area contributed by atoms with Crippen molar-refractivity contribution in [2.24, 2.45) is 0 Å². The van der Waals surface area contributed by atoms with Crippen molar-refractivity contribution in [2.45, 2.75) is 18.7 Å². The molecule has 0 atom stereocenters. The molecule has 1 amide bonds. The highest BCUT2D eigenvalue weighted by Gasteiger charge is 2.19. The van der Waals surface area contributed by atoms with Gasteiger partial charge in [0.1, 0.15) is 0 Å². The van der Waals surface area contributed by atoms with E-state index in [9.17, 15) is 13.2 Å². The number of sulfonamides is 1. The maximum absolute atomic E-state index is 12.5. The maximum Gasteiger partial charge on any atom is 0.262 e. The molecule has 26 heavy (non-hydrogen) atoms. The largest absolute Gasteiger partial charge is 0.368 e. The van der Waals surface area contributed by atoms with Crippen molar-refractivity contribution >= 4 is 27.3 Å². The molecule has 1 heterocycles. The number of carbonyl (C=O) groups is 1. The van der Waals surface area contributed by atoms with Gasteiger partial charge < -0.3 is 9.80 Å². The molecule has 2 aromatic rings. The zero-order valence-corrected chi connectivity index (χ0v) is 15.8. The van der Waals surface area contributed by atoms with Crippen molar-refractivity contribution in [3.63, 3.8) is 0 Å². The summed E-state index contributed by atoms with van der Waals surface area (Å²) in [5.41, 5.74) is 2.26. The monoisotopic (exact) mass is 373 g/mol. The van der Waals surface area contributed by atoms with E-state index in [0.29, 0.717) is 24.3 Å².